The molecule has 2 aromatic rings. The molecule has 0 bridgehead atoms. The van der Waals surface area contributed by atoms with Crippen molar-refractivity contribution in [1.29, 1.82) is 0 Å². The Morgan fingerprint density at radius 2 is 1.47 bits per heavy atom. The lowest BCUT2D eigenvalue weighted by Crippen LogP contribution is -2.07. The van der Waals surface area contributed by atoms with E-state index in [0.717, 1.165) is 12.1 Å². The Morgan fingerprint density at radius 3 is 2.00 bits per heavy atom. The maximum atomic E-state index is 13.4. The summed E-state index contributed by atoms with van der Waals surface area (Å²) >= 11 is 0. The summed E-state index contributed by atoms with van der Waals surface area (Å²) in [7, 11) is 0. The van der Waals surface area contributed by atoms with E-state index in [-0.39, 0.29) is 5.56 Å². The second kappa shape index (κ2) is 4.33. The van der Waals surface area contributed by atoms with Gasteiger partial charge in [0.2, 0.25) is 0 Å². The van der Waals surface area contributed by atoms with Crippen molar-refractivity contribution in [3.63, 3.8) is 0 Å². The predicted octanol–water partition coefficient (Wildman–Crippen LogP) is 2.78. The molecule has 2 rings (SSSR count). The number of ketones is 1. The second-order valence-electron chi connectivity index (χ2n) is 3.55. The number of carbonyl (C=O) groups excluding carboxylic acids is 1. The molecular formula is C13H9F2NO. The molecule has 0 saturated heterocycles. The van der Waals surface area contributed by atoms with Crippen LogP contribution < -0.4 is 5.73 Å². The van der Waals surface area contributed by atoms with Crippen LogP contribution in [0.3, 0.4) is 0 Å². The fourth-order valence-electron chi connectivity index (χ4n) is 1.49. The zero-order valence-corrected chi connectivity index (χ0v) is 8.78. The van der Waals surface area contributed by atoms with Crippen LogP contribution in [0.1, 0.15) is 15.9 Å². The molecule has 86 valence electrons. The summed E-state index contributed by atoms with van der Waals surface area (Å²) < 4.78 is 26.8. The number of nitrogens with two attached hydrogens (primary N) is 1. The van der Waals surface area contributed by atoms with Crippen molar-refractivity contribution in [3.05, 3.63) is 65.2 Å². The van der Waals surface area contributed by atoms with E-state index in [2.05, 4.69) is 0 Å². The quantitative estimate of drug-likeness (QED) is 0.640. The Labute approximate surface area is 96.7 Å². The molecule has 0 amide bonds. The Kier molecular flexibility index (Phi) is 2.87. The number of hydrogen-bond acceptors (Lipinski definition) is 2. The third kappa shape index (κ3) is 2.15. The van der Waals surface area contributed by atoms with E-state index in [1.807, 2.05) is 0 Å². The molecule has 2 nitrogen and oxygen atoms in total. The van der Waals surface area contributed by atoms with Crippen molar-refractivity contribution in [2.75, 3.05) is 5.73 Å². The molecule has 0 aliphatic rings. The van der Waals surface area contributed by atoms with Crippen molar-refractivity contribution in [3.8, 4) is 0 Å². The van der Waals surface area contributed by atoms with Crippen molar-refractivity contribution < 1.29 is 13.6 Å². The molecule has 0 heterocycles. The fraction of sp³-hybridized carbons (Fsp3) is 0. The smallest absolute Gasteiger partial charge is 0.198 e. The lowest BCUT2D eigenvalue weighted by Gasteiger charge is -2.04. The minimum atomic E-state index is -0.869. The van der Waals surface area contributed by atoms with Crippen LogP contribution in [0.2, 0.25) is 0 Å². The van der Waals surface area contributed by atoms with Crippen molar-refractivity contribution in [2.45, 2.75) is 0 Å². The Balaban J connectivity index is 2.47. The summed E-state index contributed by atoms with van der Waals surface area (Å²) in [6.07, 6.45) is 0. The van der Waals surface area contributed by atoms with E-state index >= 15 is 0 Å². The van der Waals surface area contributed by atoms with Gasteiger partial charge in [0, 0.05) is 11.3 Å². The first-order valence-electron chi connectivity index (χ1n) is 4.94. The number of benzene rings is 2. The van der Waals surface area contributed by atoms with E-state index in [4.69, 9.17) is 5.73 Å². The van der Waals surface area contributed by atoms with Gasteiger partial charge in [-0.05, 0) is 36.4 Å². The van der Waals surface area contributed by atoms with Gasteiger partial charge in [-0.1, -0.05) is 6.07 Å². The molecule has 2 N–H and O–H groups in total. The van der Waals surface area contributed by atoms with Gasteiger partial charge in [0.1, 0.15) is 11.6 Å². The van der Waals surface area contributed by atoms with Gasteiger partial charge in [0.25, 0.3) is 0 Å². The number of hydrogen-bond donors (Lipinski definition) is 1. The topological polar surface area (TPSA) is 43.1 Å². The number of nitrogen functional groups attached to an aromatic ring is 1. The Hall–Kier alpha value is -2.23. The molecule has 0 aliphatic carbocycles. The maximum Gasteiger partial charge on any atom is 0.198 e. The Morgan fingerprint density at radius 1 is 0.941 bits per heavy atom. The first kappa shape index (κ1) is 11.3. The summed E-state index contributed by atoms with van der Waals surface area (Å²) in [4.78, 5) is 11.9. The molecule has 0 atom stereocenters. The van der Waals surface area contributed by atoms with Crippen molar-refractivity contribution in [1.82, 2.24) is 0 Å². The lowest BCUT2D eigenvalue weighted by atomic mass is 10.0. The summed E-state index contributed by atoms with van der Waals surface area (Å²) in [5.74, 6) is -2.43. The average Bonchev–Trinajstić information content (AvgIpc) is 2.29. The third-order valence-electron chi connectivity index (χ3n) is 2.36. The van der Waals surface area contributed by atoms with E-state index in [1.54, 1.807) is 0 Å². The van der Waals surface area contributed by atoms with Gasteiger partial charge in [0.05, 0.1) is 5.56 Å². The molecule has 0 saturated carbocycles. The molecular weight excluding hydrogens is 224 g/mol. The molecule has 4 heteroatoms. The molecule has 2 aromatic carbocycles. The van der Waals surface area contributed by atoms with Crippen LogP contribution in [-0.4, -0.2) is 5.78 Å². The predicted molar refractivity (Wildman–Crippen MR) is 60.6 cm³/mol. The zero-order valence-electron chi connectivity index (χ0n) is 8.78. The van der Waals surface area contributed by atoms with E-state index in [0.29, 0.717) is 5.69 Å². The highest BCUT2D eigenvalue weighted by atomic mass is 19.1. The molecule has 17 heavy (non-hydrogen) atoms. The van der Waals surface area contributed by atoms with Gasteiger partial charge >= 0.3 is 0 Å². The van der Waals surface area contributed by atoms with Gasteiger partial charge in [-0.25, -0.2) is 8.78 Å². The van der Waals surface area contributed by atoms with Crippen LogP contribution >= 0.6 is 0 Å². The highest BCUT2D eigenvalue weighted by molar-refractivity contribution is 6.09. The van der Waals surface area contributed by atoms with Crippen LogP contribution in [0.25, 0.3) is 0 Å². The molecule has 0 spiro atoms. The lowest BCUT2D eigenvalue weighted by molar-refractivity contribution is 0.103. The SMILES string of the molecule is Nc1ccc(C(=O)c2c(F)cccc2F)cc1. The van der Waals surface area contributed by atoms with Crippen LogP contribution in [0.4, 0.5) is 14.5 Å². The minimum absolute atomic E-state index is 0.197. The summed E-state index contributed by atoms with van der Waals surface area (Å²) in [6, 6.07) is 9.19. The van der Waals surface area contributed by atoms with Gasteiger partial charge in [-0.15, -0.1) is 0 Å². The molecule has 0 fully saturated rings. The van der Waals surface area contributed by atoms with Crippen molar-refractivity contribution in [2.24, 2.45) is 0 Å². The van der Waals surface area contributed by atoms with Crippen LogP contribution in [0, 0.1) is 11.6 Å². The van der Waals surface area contributed by atoms with E-state index in [9.17, 15) is 13.6 Å². The largest absolute Gasteiger partial charge is 0.399 e. The third-order valence-corrected chi connectivity index (χ3v) is 2.36. The van der Waals surface area contributed by atoms with E-state index < -0.39 is 23.0 Å². The normalized spacial score (nSPS) is 10.2. The fourth-order valence-corrected chi connectivity index (χ4v) is 1.49. The first-order chi connectivity index (χ1) is 8.09. The van der Waals surface area contributed by atoms with Gasteiger partial charge in [-0.3, -0.25) is 4.79 Å². The molecule has 0 aromatic heterocycles. The summed E-state index contributed by atoms with van der Waals surface area (Å²) in [6.45, 7) is 0. The zero-order chi connectivity index (χ0) is 12.4. The summed E-state index contributed by atoms with van der Waals surface area (Å²) in [5.41, 5.74) is 5.60. The monoisotopic (exact) mass is 233 g/mol. The first-order valence-corrected chi connectivity index (χ1v) is 4.94. The van der Waals surface area contributed by atoms with Crippen LogP contribution in [0.5, 0.6) is 0 Å². The van der Waals surface area contributed by atoms with Crippen LogP contribution in [0.15, 0.2) is 42.5 Å². The maximum absolute atomic E-state index is 13.4. The van der Waals surface area contributed by atoms with E-state index in [1.165, 1.54) is 30.3 Å². The standard InChI is InChI=1S/C13H9F2NO/c14-10-2-1-3-11(15)12(10)13(17)8-4-6-9(16)7-5-8/h1-7H,16H2. The highest BCUT2D eigenvalue weighted by Gasteiger charge is 2.18. The Bertz CT molecular complexity index is 544. The molecule has 0 radical (unpaired) electrons. The number of carbonyl (C=O) groups is 1. The summed E-state index contributed by atoms with van der Waals surface area (Å²) in [5, 5.41) is 0. The highest BCUT2D eigenvalue weighted by Crippen LogP contribution is 2.17. The molecule has 0 unspecified atom stereocenters. The number of halogens is 2. The van der Waals surface area contributed by atoms with Crippen molar-refractivity contribution >= 4 is 11.5 Å². The second-order valence-corrected chi connectivity index (χ2v) is 3.55. The minimum Gasteiger partial charge on any atom is -0.399 e. The number of rotatable bonds is 2. The van der Waals surface area contributed by atoms with Gasteiger partial charge in [0.15, 0.2) is 5.78 Å². The van der Waals surface area contributed by atoms with Gasteiger partial charge < -0.3 is 5.73 Å². The average molecular weight is 233 g/mol. The number of anilines is 1. The van der Waals surface area contributed by atoms with Gasteiger partial charge in [-0.2, -0.15) is 0 Å². The molecule has 0 aliphatic heterocycles. The van der Waals surface area contributed by atoms with Crippen LogP contribution in [-0.2, 0) is 0 Å².